The van der Waals surface area contributed by atoms with Crippen molar-refractivity contribution in [3.05, 3.63) is 35.4 Å². The third kappa shape index (κ3) is 4.15. The van der Waals surface area contributed by atoms with Crippen LogP contribution >= 0.6 is 0 Å². The monoisotopic (exact) mass is 459 g/mol. The Morgan fingerprint density at radius 3 is 2.27 bits per heavy atom. The molecule has 2 fully saturated rings. The largest absolute Gasteiger partial charge is 0.507 e. The van der Waals surface area contributed by atoms with Crippen LogP contribution in [0.15, 0.2) is 24.3 Å². The van der Waals surface area contributed by atoms with Crippen LogP contribution in [0.4, 0.5) is 4.79 Å². The van der Waals surface area contributed by atoms with Crippen LogP contribution in [0.25, 0.3) is 0 Å². The molecule has 2 aliphatic heterocycles. The minimum Gasteiger partial charge on any atom is -0.450 e. The van der Waals surface area contributed by atoms with E-state index >= 15 is 0 Å². The molecule has 0 aliphatic carbocycles. The van der Waals surface area contributed by atoms with Gasteiger partial charge in [-0.15, -0.1) is 0 Å². The molecule has 0 radical (unpaired) electrons. The number of rotatable bonds is 8. The molecule has 33 heavy (non-hydrogen) atoms. The zero-order valence-corrected chi connectivity index (χ0v) is 18.8. The Balaban J connectivity index is 2.24. The molecule has 178 valence electrons. The Hall–Kier alpha value is -3.47. The average molecular weight is 460 g/mol. The van der Waals surface area contributed by atoms with Crippen molar-refractivity contribution in [2.45, 2.75) is 38.5 Å². The highest BCUT2D eigenvalue weighted by atomic mass is 16.7. The van der Waals surface area contributed by atoms with E-state index in [1.807, 2.05) is 13.8 Å². The number of imide groups is 1. The third-order valence-electron chi connectivity index (χ3n) is 6.35. The maximum absolute atomic E-state index is 13.2. The van der Waals surface area contributed by atoms with Crippen LogP contribution in [0.2, 0.25) is 0 Å². The van der Waals surface area contributed by atoms with Crippen LogP contribution in [0.3, 0.4) is 0 Å². The number of nitrogens with zero attached hydrogens (tertiary/aromatic N) is 2. The summed E-state index contributed by atoms with van der Waals surface area (Å²) in [6.45, 7) is 3.70. The molecule has 3 amide bonds. The van der Waals surface area contributed by atoms with Gasteiger partial charge in [0.1, 0.15) is 11.8 Å². The molecule has 2 heterocycles. The van der Waals surface area contributed by atoms with Gasteiger partial charge in [-0.3, -0.25) is 29.6 Å². The Morgan fingerprint density at radius 2 is 1.79 bits per heavy atom. The molecule has 6 N–H and O–H groups in total. The Kier molecular flexibility index (Phi) is 6.46. The SMILES string of the molecule is CC(C)CC1(OC(=O)O)C2C(=O)N(C)C(=O)C2C(c2ccc(C(=N)N)cc2)N1CCC(N)=O. The minimum absolute atomic E-state index is 0.00820. The van der Waals surface area contributed by atoms with Gasteiger partial charge in [0.25, 0.3) is 0 Å². The number of carbonyl (C=O) groups excluding carboxylic acids is 3. The molecule has 4 unspecified atom stereocenters. The Bertz CT molecular complexity index is 993. The lowest BCUT2D eigenvalue weighted by atomic mass is 9.82. The number of amides is 3. The molecule has 0 aromatic heterocycles. The van der Waals surface area contributed by atoms with Crippen LogP contribution < -0.4 is 11.5 Å². The molecule has 11 heteroatoms. The van der Waals surface area contributed by atoms with Gasteiger partial charge >= 0.3 is 6.16 Å². The van der Waals surface area contributed by atoms with Crippen LogP contribution in [-0.4, -0.2) is 63.9 Å². The van der Waals surface area contributed by atoms with Gasteiger partial charge in [0.2, 0.25) is 17.7 Å². The van der Waals surface area contributed by atoms with Crippen LogP contribution in [0, 0.1) is 23.2 Å². The second kappa shape index (κ2) is 8.81. The topological polar surface area (TPSA) is 180 Å². The van der Waals surface area contributed by atoms with Crippen LogP contribution in [0.1, 0.15) is 43.9 Å². The van der Waals surface area contributed by atoms with E-state index in [0.717, 1.165) is 4.90 Å². The van der Waals surface area contributed by atoms with Crippen molar-refractivity contribution in [1.29, 1.82) is 5.41 Å². The number of primary amides is 1. The summed E-state index contributed by atoms with van der Waals surface area (Å²) in [7, 11) is 1.37. The van der Waals surface area contributed by atoms with Crippen molar-refractivity contribution < 1.29 is 29.0 Å². The summed E-state index contributed by atoms with van der Waals surface area (Å²) in [5, 5.41) is 17.3. The fourth-order valence-corrected chi connectivity index (χ4v) is 5.19. The first kappa shape index (κ1) is 24.2. The minimum atomic E-state index is -1.67. The number of benzene rings is 1. The number of hydrogen-bond acceptors (Lipinski definition) is 7. The number of nitrogens with one attached hydrogen (secondary N) is 1. The molecule has 0 spiro atoms. The van der Waals surface area contributed by atoms with Crippen molar-refractivity contribution in [2.24, 2.45) is 29.2 Å². The maximum atomic E-state index is 13.2. The molecule has 2 saturated heterocycles. The molecule has 1 aromatic carbocycles. The summed E-state index contributed by atoms with van der Waals surface area (Å²) in [5.74, 6) is -3.83. The molecular weight excluding hydrogens is 430 g/mol. The molecule has 0 bridgehead atoms. The lowest BCUT2D eigenvalue weighted by Crippen LogP contribution is -2.56. The van der Waals surface area contributed by atoms with Gasteiger partial charge in [0.05, 0.1) is 12.0 Å². The van der Waals surface area contributed by atoms with Gasteiger partial charge in [-0.1, -0.05) is 38.1 Å². The first-order chi connectivity index (χ1) is 15.4. The number of amidine groups is 1. The van der Waals surface area contributed by atoms with Gasteiger partial charge in [-0.05, 0) is 11.5 Å². The van der Waals surface area contributed by atoms with Gasteiger partial charge in [0.15, 0.2) is 5.72 Å². The summed E-state index contributed by atoms with van der Waals surface area (Å²) in [5.41, 5.74) is 10.4. The Labute approximate surface area is 191 Å². The van der Waals surface area contributed by atoms with E-state index in [-0.39, 0.29) is 31.1 Å². The van der Waals surface area contributed by atoms with Crippen LogP contribution in [-0.2, 0) is 19.1 Å². The quantitative estimate of drug-likeness (QED) is 0.191. The zero-order chi connectivity index (χ0) is 24.7. The normalized spacial score (nSPS) is 27.2. The smallest absolute Gasteiger partial charge is 0.450 e. The second-order valence-electron chi connectivity index (χ2n) is 8.94. The van der Waals surface area contributed by atoms with E-state index < -0.39 is 47.5 Å². The molecule has 11 nitrogen and oxygen atoms in total. The van der Waals surface area contributed by atoms with E-state index in [2.05, 4.69) is 0 Å². The average Bonchev–Trinajstić information content (AvgIpc) is 3.10. The van der Waals surface area contributed by atoms with E-state index in [0.29, 0.717) is 11.1 Å². The van der Waals surface area contributed by atoms with Gasteiger partial charge in [0, 0.05) is 32.0 Å². The van der Waals surface area contributed by atoms with Crippen molar-refractivity contribution in [1.82, 2.24) is 9.80 Å². The molecule has 0 saturated carbocycles. The Morgan fingerprint density at radius 1 is 1.18 bits per heavy atom. The molecule has 2 aliphatic rings. The number of nitrogen functional groups attached to an aromatic ring is 1. The predicted molar refractivity (Wildman–Crippen MR) is 117 cm³/mol. The van der Waals surface area contributed by atoms with E-state index in [9.17, 15) is 24.3 Å². The van der Waals surface area contributed by atoms with Crippen molar-refractivity contribution in [2.75, 3.05) is 13.6 Å². The number of fused-ring (bicyclic) bond motifs is 1. The van der Waals surface area contributed by atoms with Crippen molar-refractivity contribution in [3.8, 4) is 0 Å². The van der Waals surface area contributed by atoms with Gasteiger partial charge < -0.3 is 21.3 Å². The summed E-state index contributed by atoms with van der Waals surface area (Å²) in [6, 6.07) is 5.83. The lowest BCUT2D eigenvalue weighted by molar-refractivity contribution is -0.166. The number of ether oxygens (including phenoxy) is 1. The van der Waals surface area contributed by atoms with Crippen LogP contribution in [0.5, 0.6) is 0 Å². The van der Waals surface area contributed by atoms with Gasteiger partial charge in [-0.25, -0.2) is 4.79 Å². The fraction of sp³-hybridized carbons (Fsp3) is 0.500. The van der Waals surface area contributed by atoms with Crippen molar-refractivity contribution >= 4 is 29.7 Å². The highest BCUT2D eigenvalue weighted by molar-refractivity contribution is 6.06. The molecular formula is C22H29N5O6. The number of likely N-dealkylation sites (tertiary alicyclic amines) is 2. The fourth-order valence-electron chi connectivity index (χ4n) is 5.19. The van der Waals surface area contributed by atoms with Crippen molar-refractivity contribution in [3.63, 3.8) is 0 Å². The zero-order valence-electron chi connectivity index (χ0n) is 18.8. The van der Waals surface area contributed by atoms with Gasteiger partial charge in [-0.2, -0.15) is 0 Å². The highest BCUT2D eigenvalue weighted by Gasteiger charge is 2.70. The maximum Gasteiger partial charge on any atom is 0.507 e. The summed E-state index contributed by atoms with van der Waals surface area (Å²) in [4.78, 5) is 52.6. The van der Waals surface area contributed by atoms with E-state index in [4.69, 9.17) is 21.6 Å². The highest BCUT2D eigenvalue weighted by Crippen LogP contribution is 2.57. The lowest BCUT2D eigenvalue weighted by Gasteiger charge is -2.43. The molecule has 3 rings (SSSR count). The van der Waals surface area contributed by atoms with E-state index in [1.54, 1.807) is 29.2 Å². The summed E-state index contributed by atoms with van der Waals surface area (Å²) in [6.07, 6.45) is -1.57. The van der Waals surface area contributed by atoms with E-state index in [1.165, 1.54) is 7.05 Å². The molecule has 4 atom stereocenters. The molecule has 1 aromatic rings. The number of nitrogens with two attached hydrogens (primary N) is 2. The first-order valence-corrected chi connectivity index (χ1v) is 10.6. The first-order valence-electron chi connectivity index (χ1n) is 10.6. The second-order valence-corrected chi connectivity index (χ2v) is 8.94. The summed E-state index contributed by atoms with van der Waals surface area (Å²) < 4.78 is 5.49. The number of hydrogen-bond donors (Lipinski definition) is 4. The number of carboxylic acid groups (broad SMARTS) is 1. The summed E-state index contributed by atoms with van der Waals surface area (Å²) >= 11 is 0. The predicted octanol–water partition coefficient (Wildman–Crippen LogP) is 0.871. The third-order valence-corrected chi connectivity index (χ3v) is 6.35. The standard InChI is InChI=1S/C22H29N5O6/c1-11(2)10-22(33-21(31)32)16-15(19(29)26(3)20(16)30)17(27(22)9-8-14(23)28)12-4-6-13(7-5-12)18(24)25/h4-7,11,15-17H,8-10H2,1-3H3,(H2,23,28)(H3,24,25)(H,31,32). The number of carbonyl (C=O) groups is 4.